The van der Waals surface area contributed by atoms with E-state index in [0.717, 1.165) is 44.0 Å². The van der Waals surface area contributed by atoms with Gasteiger partial charge >= 0.3 is 0 Å². The van der Waals surface area contributed by atoms with E-state index in [4.69, 9.17) is 13.9 Å². The molecule has 1 aromatic carbocycles. The van der Waals surface area contributed by atoms with Crippen LogP contribution < -0.4 is 4.74 Å². The Hall–Kier alpha value is -2.34. The van der Waals surface area contributed by atoms with Crippen molar-refractivity contribution in [1.29, 1.82) is 0 Å². The van der Waals surface area contributed by atoms with E-state index in [2.05, 4.69) is 4.98 Å². The average Bonchev–Trinajstić information content (AvgIpc) is 3.36. The van der Waals surface area contributed by atoms with Gasteiger partial charge in [-0.2, -0.15) is 0 Å². The molecule has 1 aliphatic rings. The number of carbonyl (C=O) groups is 1. The van der Waals surface area contributed by atoms with Crippen molar-refractivity contribution in [1.82, 2.24) is 9.88 Å². The third-order valence-corrected chi connectivity index (χ3v) is 4.72. The van der Waals surface area contributed by atoms with Crippen molar-refractivity contribution >= 4 is 5.91 Å². The highest BCUT2D eigenvalue weighted by Gasteiger charge is 2.21. The SMILES string of the molecule is CCN(CC1CCOC1)C(=O)CCc1ncc(-c2ccc(OC)cc2)o1. The maximum Gasteiger partial charge on any atom is 0.223 e. The summed E-state index contributed by atoms with van der Waals surface area (Å²) in [7, 11) is 1.64. The van der Waals surface area contributed by atoms with Gasteiger partial charge in [-0.3, -0.25) is 4.79 Å². The van der Waals surface area contributed by atoms with Crippen LogP contribution in [0.4, 0.5) is 0 Å². The minimum Gasteiger partial charge on any atom is -0.497 e. The maximum absolute atomic E-state index is 12.5. The molecule has 2 heterocycles. The van der Waals surface area contributed by atoms with Gasteiger partial charge in [0.1, 0.15) is 5.75 Å². The van der Waals surface area contributed by atoms with Crippen molar-refractivity contribution < 1.29 is 18.7 Å². The Balaban J connectivity index is 1.53. The average molecular weight is 358 g/mol. The van der Waals surface area contributed by atoms with E-state index in [1.165, 1.54) is 0 Å². The number of benzene rings is 1. The minimum atomic E-state index is 0.142. The Bertz CT molecular complexity index is 705. The lowest BCUT2D eigenvalue weighted by atomic mass is 10.1. The number of nitrogens with zero attached hydrogens (tertiary/aromatic N) is 2. The molecule has 140 valence electrons. The van der Waals surface area contributed by atoms with Crippen LogP contribution in [0.25, 0.3) is 11.3 Å². The molecule has 1 atom stereocenters. The van der Waals surface area contributed by atoms with Crippen LogP contribution in [-0.2, 0) is 16.0 Å². The second kappa shape index (κ2) is 8.85. The smallest absolute Gasteiger partial charge is 0.223 e. The first kappa shape index (κ1) is 18.5. The van der Waals surface area contributed by atoms with Gasteiger partial charge in [-0.15, -0.1) is 0 Å². The number of oxazole rings is 1. The molecule has 1 amide bonds. The molecule has 6 nitrogen and oxygen atoms in total. The van der Waals surface area contributed by atoms with Crippen molar-refractivity contribution in [2.45, 2.75) is 26.2 Å². The van der Waals surface area contributed by atoms with E-state index >= 15 is 0 Å². The molecule has 1 aromatic heterocycles. The number of ether oxygens (including phenoxy) is 2. The van der Waals surface area contributed by atoms with Crippen LogP contribution >= 0.6 is 0 Å². The van der Waals surface area contributed by atoms with Gasteiger partial charge in [-0.1, -0.05) is 0 Å². The number of hydrogen-bond donors (Lipinski definition) is 0. The Kier molecular flexibility index (Phi) is 6.28. The predicted octanol–water partition coefficient (Wildman–Crippen LogP) is 3.17. The summed E-state index contributed by atoms with van der Waals surface area (Å²) in [6.07, 6.45) is 3.65. The van der Waals surface area contributed by atoms with Gasteiger partial charge in [-0.25, -0.2) is 4.98 Å². The minimum absolute atomic E-state index is 0.142. The summed E-state index contributed by atoms with van der Waals surface area (Å²) in [4.78, 5) is 18.7. The van der Waals surface area contributed by atoms with Crippen LogP contribution in [0, 0.1) is 5.92 Å². The molecule has 26 heavy (non-hydrogen) atoms. The van der Waals surface area contributed by atoms with E-state index in [1.54, 1.807) is 13.3 Å². The zero-order valence-corrected chi connectivity index (χ0v) is 15.4. The highest BCUT2D eigenvalue weighted by atomic mass is 16.5. The van der Waals surface area contributed by atoms with Crippen LogP contribution in [0.5, 0.6) is 5.75 Å². The third-order valence-electron chi connectivity index (χ3n) is 4.72. The first-order valence-corrected chi connectivity index (χ1v) is 9.14. The van der Waals surface area contributed by atoms with E-state index in [1.807, 2.05) is 36.1 Å². The molecule has 1 saturated heterocycles. The summed E-state index contributed by atoms with van der Waals surface area (Å²) in [6.45, 7) is 5.08. The lowest BCUT2D eigenvalue weighted by Gasteiger charge is -2.23. The molecule has 0 aliphatic carbocycles. The molecule has 1 fully saturated rings. The first-order chi connectivity index (χ1) is 12.7. The Labute approximate surface area is 154 Å². The van der Waals surface area contributed by atoms with Gasteiger partial charge in [0.05, 0.1) is 19.9 Å². The maximum atomic E-state index is 12.5. The van der Waals surface area contributed by atoms with Crippen molar-refractivity contribution in [2.75, 3.05) is 33.4 Å². The number of methoxy groups -OCH3 is 1. The third kappa shape index (κ3) is 4.64. The lowest BCUT2D eigenvalue weighted by Crippen LogP contribution is -2.35. The summed E-state index contributed by atoms with van der Waals surface area (Å²) in [5, 5.41) is 0. The molecular formula is C20H26N2O4. The molecule has 2 aromatic rings. The predicted molar refractivity (Wildman–Crippen MR) is 98.0 cm³/mol. The Morgan fingerprint density at radius 2 is 2.15 bits per heavy atom. The van der Waals surface area contributed by atoms with Gasteiger partial charge < -0.3 is 18.8 Å². The number of carbonyl (C=O) groups excluding carboxylic acids is 1. The Morgan fingerprint density at radius 3 is 2.81 bits per heavy atom. The Morgan fingerprint density at radius 1 is 1.35 bits per heavy atom. The monoisotopic (exact) mass is 358 g/mol. The van der Waals surface area contributed by atoms with Gasteiger partial charge in [0.15, 0.2) is 11.7 Å². The molecule has 0 saturated carbocycles. The summed E-state index contributed by atoms with van der Waals surface area (Å²) in [5.74, 6) is 2.69. The van der Waals surface area contributed by atoms with Crippen molar-refractivity contribution in [3.05, 3.63) is 36.4 Å². The van der Waals surface area contributed by atoms with Crippen molar-refractivity contribution in [3.8, 4) is 17.1 Å². The van der Waals surface area contributed by atoms with Crippen LogP contribution in [0.15, 0.2) is 34.9 Å². The van der Waals surface area contributed by atoms with E-state index in [0.29, 0.717) is 30.4 Å². The van der Waals surface area contributed by atoms with E-state index in [9.17, 15) is 4.79 Å². The number of amides is 1. The molecule has 0 N–H and O–H groups in total. The molecular weight excluding hydrogens is 332 g/mol. The standard InChI is InChI=1S/C20H26N2O4/c1-3-22(13-15-10-11-25-14-15)20(23)9-8-19-21-12-18(26-19)16-4-6-17(24-2)7-5-16/h4-7,12,15H,3,8-11,13-14H2,1-2H3. The molecule has 0 radical (unpaired) electrons. The summed E-state index contributed by atoms with van der Waals surface area (Å²) < 4.78 is 16.4. The van der Waals surface area contributed by atoms with Crippen LogP contribution in [0.1, 0.15) is 25.7 Å². The summed E-state index contributed by atoms with van der Waals surface area (Å²) >= 11 is 0. The van der Waals surface area contributed by atoms with Crippen LogP contribution in [0.3, 0.4) is 0 Å². The molecule has 1 aliphatic heterocycles. The summed E-state index contributed by atoms with van der Waals surface area (Å²) in [5.41, 5.74) is 0.937. The van der Waals surface area contributed by atoms with Crippen molar-refractivity contribution in [2.24, 2.45) is 5.92 Å². The van der Waals surface area contributed by atoms with Crippen LogP contribution in [0.2, 0.25) is 0 Å². The largest absolute Gasteiger partial charge is 0.497 e. The molecule has 0 bridgehead atoms. The topological polar surface area (TPSA) is 64.8 Å². The molecule has 3 rings (SSSR count). The van der Waals surface area contributed by atoms with Crippen molar-refractivity contribution in [3.63, 3.8) is 0 Å². The second-order valence-electron chi connectivity index (χ2n) is 6.51. The fourth-order valence-corrected chi connectivity index (χ4v) is 3.13. The quantitative estimate of drug-likeness (QED) is 0.725. The van der Waals surface area contributed by atoms with Gasteiger partial charge in [0, 0.05) is 44.0 Å². The van der Waals surface area contributed by atoms with Crippen LogP contribution in [-0.4, -0.2) is 49.2 Å². The molecule has 6 heteroatoms. The van der Waals surface area contributed by atoms with Gasteiger partial charge in [0.2, 0.25) is 5.91 Å². The zero-order chi connectivity index (χ0) is 18.4. The summed E-state index contributed by atoms with van der Waals surface area (Å²) in [6, 6.07) is 7.62. The fraction of sp³-hybridized carbons (Fsp3) is 0.500. The fourth-order valence-electron chi connectivity index (χ4n) is 3.13. The number of aromatic nitrogens is 1. The highest BCUT2D eigenvalue weighted by Crippen LogP contribution is 2.23. The molecule has 1 unspecified atom stereocenters. The highest BCUT2D eigenvalue weighted by molar-refractivity contribution is 5.76. The first-order valence-electron chi connectivity index (χ1n) is 9.14. The lowest BCUT2D eigenvalue weighted by molar-refractivity contribution is -0.131. The van der Waals surface area contributed by atoms with Gasteiger partial charge in [-0.05, 0) is 37.6 Å². The normalized spacial score (nSPS) is 16.6. The number of hydrogen-bond acceptors (Lipinski definition) is 5. The van der Waals surface area contributed by atoms with Gasteiger partial charge in [0.25, 0.3) is 0 Å². The van der Waals surface area contributed by atoms with E-state index in [-0.39, 0.29) is 5.91 Å². The number of aryl methyl sites for hydroxylation is 1. The molecule has 0 spiro atoms. The number of rotatable bonds is 8. The van der Waals surface area contributed by atoms with E-state index < -0.39 is 0 Å². The second-order valence-corrected chi connectivity index (χ2v) is 6.51. The zero-order valence-electron chi connectivity index (χ0n) is 15.4.